The van der Waals surface area contributed by atoms with Crippen LogP contribution >= 0.6 is 11.3 Å². The molecule has 2 N–H and O–H groups in total. The number of carbonyl (C=O) groups excluding carboxylic acids is 1. The van der Waals surface area contributed by atoms with Crippen molar-refractivity contribution in [2.24, 2.45) is 0 Å². The first kappa shape index (κ1) is 19.3. The summed E-state index contributed by atoms with van der Waals surface area (Å²) >= 11 is 1.38. The molecule has 0 saturated heterocycles. The molecule has 0 bridgehead atoms. The molecule has 1 amide bonds. The first-order valence-corrected chi connectivity index (χ1v) is 9.89. The van der Waals surface area contributed by atoms with E-state index in [4.69, 9.17) is 0 Å². The molecule has 27 heavy (non-hydrogen) atoms. The van der Waals surface area contributed by atoms with Gasteiger partial charge in [-0.2, -0.15) is 0 Å². The number of aryl methyl sites for hydroxylation is 2. The minimum absolute atomic E-state index is 0.0765. The number of H-pyrrole nitrogens is 1. The van der Waals surface area contributed by atoms with E-state index < -0.39 is 0 Å². The van der Waals surface area contributed by atoms with Gasteiger partial charge < -0.3 is 10.3 Å². The van der Waals surface area contributed by atoms with E-state index in [2.05, 4.69) is 28.3 Å². The predicted octanol–water partition coefficient (Wildman–Crippen LogP) is 3.45. The molecule has 0 saturated carbocycles. The standard InChI is InChI=1S/C20H24N4O2S/c1-4-6-24(11-17-22-16-5-7-27-19(16)20(26)23-17)12-18(25)21-15-9-13(2)8-14(3)10-15/h5,7-10H,4,6,11-12H2,1-3H3,(H,21,25)(H,22,23,26). The lowest BCUT2D eigenvalue weighted by Crippen LogP contribution is -2.34. The summed E-state index contributed by atoms with van der Waals surface area (Å²) in [5, 5.41) is 4.82. The summed E-state index contributed by atoms with van der Waals surface area (Å²) < 4.78 is 0.633. The van der Waals surface area contributed by atoms with Crippen molar-refractivity contribution in [2.45, 2.75) is 33.7 Å². The molecule has 0 aliphatic carbocycles. The highest BCUT2D eigenvalue weighted by Crippen LogP contribution is 2.15. The Bertz CT molecular complexity index is 988. The summed E-state index contributed by atoms with van der Waals surface area (Å²) in [6.07, 6.45) is 0.905. The number of fused-ring (bicyclic) bond motifs is 1. The summed E-state index contributed by atoms with van der Waals surface area (Å²) in [6, 6.07) is 7.83. The monoisotopic (exact) mass is 384 g/mol. The van der Waals surface area contributed by atoms with Crippen LogP contribution in [0.2, 0.25) is 0 Å². The lowest BCUT2D eigenvalue weighted by Gasteiger charge is -2.20. The van der Waals surface area contributed by atoms with Gasteiger partial charge in [-0.1, -0.05) is 13.0 Å². The Morgan fingerprint density at radius 2 is 2.00 bits per heavy atom. The number of anilines is 1. The number of carbonyl (C=O) groups is 1. The lowest BCUT2D eigenvalue weighted by atomic mass is 10.1. The zero-order valence-corrected chi connectivity index (χ0v) is 16.7. The van der Waals surface area contributed by atoms with Crippen molar-refractivity contribution in [3.05, 3.63) is 57.0 Å². The van der Waals surface area contributed by atoms with E-state index in [9.17, 15) is 9.59 Å². The number of nitrogens with zero attached hydrogens (tertiary/aromatic N) is 2. The van der Waals surface area contributed by atoms with Gasteiger partial charge >= 0.3 is 0 Å². The second kappa shape index (κ2) is 8.45. The van der Waals surface area contributed by atoms with Crippen LogP contribution in [0.15, 0.2) is 34.4 Å². The molecule has 2 aromatic heterocycles. The van der Waals surface area contributed by atoms with Crippen LogP contribution in [0.5, 0.6) is 0 Å². The van der Waals surface area contributed by atoms with Crippen molar-refractivity contribution in [1.82, 2.24) is 14.9 Å². The van der Waals surface area contributed by atoms with E-state index in [1.807, 2.05) is 42.3 Å². The molecule has 2 heterocycles. The Morgan fingerprint density at radius 1 is 1.26 bits per heavy atom. The first-order valence-electron chi connectivity index (χ1n) is 9.01. The van der Waals surface area contributed by atoms with E-state index in [1.165, 1.54) is 11.3 Å². The molecule has 142 valence electrons. The Labute approximate surface area is 162 Å². The first-order chi connectivity index (χ1) is 12.9. The average molecular weight is 385 g/mol. The smallest absolute Gasteiger partial charge is 0.268 e. The van der Waals surface area contributed by atoms with E-state index >= 15 is 0 Å². The van der Waals surface area contributed by atoms with Crippen LogP contribution in [-0.4, -0.2) is 33.9 Å². The van der Waals surface area contributed by atoms with E-state index in [0.29, 0.717) is 22.6 Å². The summed E-state index contributed by atoms with van der Waals surface area (Å²) in [7, 11) is 0. The number of aromatic amines is 1. The van der Waals surface area contributed by atoms with Gasteiger partial charge in [0, 0.05) is 5.69 Å². The van der Waals surface area contributed by atoms with Gasteiger partial charge in [0.15, 0.2) is 0 Å². The maximum absolute atomic E-state index is 12.5. The van der Waals surface area contributed by atoms with Gasteiger partial charge in [0.05, 0.1) is 18.6 Å². The molecule has 7 heteroatoms. The van der Waals surface area contributed by atoms with Crippen LogP contribution in [0.3, 0.4) is 0 Å². The fraction of sp³-hybridized carbons (Fsp3) is 0.350. The SMILES string of the molecule is CCCN(CC(=O)Nc1cc(C)cc(C)c1)Cc1nc2ccsc2c(=O)[nH]1. The second-order valence-electron chi connectivity index (χ2n) is 6.78. The van der Waals surface area contributed by atoms with Crippen molar-refractivity contribution in [3.63, 3.8) is 0 Å². The molecule has 1 aromatic carbocycles. The van der Waals surface area contributed by atoms with Crippen LogP contribution in [0.1, 0.15) is 30.3 Å². The Balaban J connectivity index is 1.70. The van der Waals surface area contributed by atoms with Crippen LogP contribution in [0, 0.1) is 13.8 Å². The second-order valence-corrected chi connectivity index (χ2v) is 7.70. The molecule has 0 fully saturated rings. The number of aromatic nitrogens is 2. The van der Waals surface area contributed by atoms with Crippen LogP contribution in [-0.2, 0) is 11.3 Å². The van der Waals surface area contributed by atoms with Gasteiger partial charge in [-0.05, 0) is 61.5 Å². The van der Waals surface area contributed by atoms with E-state index in [0.717, 1.165) is 29.8 Å². The molecule has 0 radical (unpaired) electrons. The fourth-order valence-electron chi connectivity index (χ4n) is 3.19. The highest BCUT2D eigenvalue weighted by atomic mass is 32.1. The molecule has 6 nitrogen and oxygen atoms in total. The van der Waals surface area contributed by atoms with Gasteiger partial charge in [-0.15, -0.1) is 11.3 Å². The van der Waals surface area contributed by atoms with Crippen molar-refractivity contribution in [3.8, 4) is 0 Å². The summed E-state index contributed by atoms with van der Waals surface area (Å²) in [4.78, 5) is 34.0. The van der Waals surface area contributed by atoms with E-state index in [1.54, 1.807) is 0 Å². The van der Waals surface area contributed by atoms with Gasteiger partial charge in [0.2, 0.25) is 5.91 Å². The molecule has 0 spiro atoms. The molecular formula is C20H24N4O2S. The minimum Gasteiger partial charge on any atom is -0.325 e. The van der Waals surface area contributed by atoms with Crippen molar-refractivity contribution < 1.29 is 4.79 Å². The molecule has 3 aromatic rings. The summed E-state index contributed by atoms with van der Waals surface area (Å²) in [5.41, 5.74) is 3.61. The number of hydrogen-bond donors (Lipinski definition) is 2. The molecule has 0 aliphatic rings. The van der Waals surface area contributed by atoms with Crippen molar-refractivity contribution >= 4 is 33.1 Å². The molecule has 3 rings (SSSR count). The number of amides is 1. The van der Waals surface area contributed by atoms with Crippen LogP contribution < -0.4 is 10.9 Å². The molecule has 0 atom stereocenters. The quantitative estimate of drug-likeness (QED) is 0.654. The van der Waals surface area contributed by atoms with Gasteiger partial charge in [0.1, 0.15) is 10.5 Å². The maximum Gasteiger partial charge on any atom is 0.268 e. The zero-order valence-electron chi connectivity index (χ0n) is 15.8. The largest absolute Gasteiger partial charge is 0.325 e. The number of hydrogen-bond acceptors (Lipinski definition) is 5. The number of nitrogens with one attached hydrogen (secondary N) is 2. The Kier molecular flexibility index (Phi) is 6.03. The molecular weight excluding hydrogens is 360 g/mol. The van der Waals surface area contributed by atoms with Gasteiger partial charge in [0.25, 0.3) is 5.56 Å². The third-order valence-electron chi connectivity index (χ3n) is 4.15. The molecule has 0 aliphatic heterocycles. The average Bonchev–Trinajstić information content (AvgIpc) is 3.03. The van der Waals surface area contributed by atoms with E-state index in [-0.39, 0.29) is 18.0 Å². The minimum atomic E-state index is -0.124. The maximum atomic E-state index is 12.5. The Hall–Kier alpha value is -2.51. The highest BCUT2D eigenvalue weighted by molar-refractivity contribution is 7.17. The normalized spacial score (nSPS) is 11.3. The third-order valence-corrected chi connectivity index (χ3v) is 5.05. The number of benzene rings is 1. The van der Waals surface area contributed by atoms with Crippen LogP contribution in [0.25, 0.3) is 10.2 Å². The lowest BCUT2D eigenvalue weighted by molar-refractivity contribution is -0.117. The fourth-order valence-corrected chi connectivity index (χ4v) is 3.91. The third kappa shape index (κ3) is 5.02. The van der Waals surface area contributed by atoms with Crippen molar-refractivity contribution in [1.29, 1.82) is 0 Å². The number of thiophene rings is 1. The molecule has 0 unspecified atom stereocenters. The Morgan fingerprint density at radius 3 is 2.70 bits per heavy atom. The summed E-state index contributed by atoms with van der Waals surface area (Å²) in [5.74, 6) is 0.506. The van der Waals surface area contributed by atoms with Crippen molar-refractivity contribution in [2.75, 3.05) is 18.4 Å². The zero-order chi connectivity index (χ0) is 19.4. The topological polar surface area (TPSA) is 78.1 Å². The summed E-state index contributed by atoms with van der Waals surface area (Å²) in [6.45, 7) is 7.49. The highest BCUT2D eigenvalue weighted by Gasteiger charge is 2.14. The van der Waals surface area contributed by atoms with Gasteiger partial charge in [-0.3, -0.25) is 14.5 Å². The predicted molar refractivity (Wildman–Crippen MR) is 110 cm³/mol. The number of rotatable bonds is 7. The van der Waals surface area contributed by atoms with Crippen LogP contribution in [0.4, 0.5) is 5.69 Å². The van der Waals surface area contributed by atoms with Gasteiger partial charge in [-0.25, -0.2) is 4.98 Å².